The molecule has 2 aliphatic rings. The number of nitrogens with two attached hydrogens (primary N) is 1. The Bertz CT molecular complexity index is 237. The molecule has 0 unspecified atom stereocenters. The van der Waals surface area contributed by atoms with E-state index in [4.69, 9.17) is 10.8 Å². The van der Waals surface area contributed by atoms with Gasteiger partial charge in [-0.2, -0.15) is 0 Å². The normalized spacial score (nSPS) is 24.1. The van der Waals surface area contributed by atoms with Gasteiger partial charge in [-0.15, -0.1) is 0 Å². The minimum Gasteiger partial charge on any atom is -0.481 e. The lowest BCUT2D eigenvalue weighted by molar-refractivity contribution is -0.142. The maximum atomic E-state index is 10.3. The third kappa shape index (κ3) is 2.47. The molecule has 80 valence electrons. The summed E-state index contributed by atoms with van der Waals surface area (Å²) in [5, 5.41) is 8.31. The highest BCUT2D eigenvalue weighted by molar-refractivity contribution is 5.82. The van der Waals surface area contributed by atoms with E-state index in [0.29, 0.717) is 0 Å². The van der Waals surface area contributed by atoms with E-state index in [2.05, 4.69) is 0 Å². The predicted octanol–water partition coefficient (Wildman–Crippen LogP) is 1.14. The van der Waals surface area contributed by atoms with Crippen molar-refractivity contribution < 1.29 is 14.7 Å². The number of primary amides is 1. The molecule has 4 nitrogen and oxygen atoms in total. The molecule has 0 bridgehead atoms. The summed E-state index contributed by atoms with van der Waals surface area (Å²) >= 11 is 0. The van der Waals surface area contributed by atoms with Crippen molar-refractivity contribution in [3.8, 4) is 0 Å². The van der Waals surface area contributed by atoms with Crippen molar-refractivity contribution in [2.75, 3.05) is 0 Å². The molecule has 2 saturated carbocycles. The Labute approximate surface area is 83.5 Å². The van der Waals surface area contributed by atoms with Crippen LogP contribution in [0.3, 0.4) is 0 Å². The molecule has 0 aromatic carbocycles. The van der Waals surface area contributed by atoms with E-state index in [1.807, 2.05) is 6.92 Å². The zero-order chi connectivity index (χ0) is 11.0. The van der Waals surface area contributed by atoms with E-state index in [1.165, 1.54) is 0 Å². The van der Waals surface area contributed by atoms with Gasteiger partial charge in [-0.3, -0.25) is 9.59 Å². The van der Waals surface area contributed by atoms with Crippen LogP contribution in [0.25, 0.3) is 0 Å². The zero-order valence-electron chi connectivity index (χ0n) is 8.67. The van der Waals surface area contributed by atoms with Crippen molar-refractivity contribution in [1.82, 2.24) is 0 Å². The highest BCUT2D eigenvalue weighted by Gasteiger charge is 2.45. The Morgan fingerprint density at radius 2 is 1.43 bits per heavy atom. The molecule has 3 N–H and O–H groups in total. The zero-order valence-corrected chi connectivity index (χ0v) is 8.67. The highest BCUT2D eigenvalue weighted by Crippen LogP contribution is 2.45. The second kappa shape index (κ2) is 3.26. The summed E-state index contributed by atoms with van der Waals surface area (Å²) in [6.07, 6.45) is 3.70. The minimum atomic E-state index is -0.646. The summed E-state index contributed by atoms with van der Waals surface area (Å²) in [4.78, 5) is 20.4. The average Bonchev–Trinajstić information content (AvgIpc) is 2.93. The maximum absolute atomic E-state index is 10.3. The molecule has 2 aliphatic carbocycles. The number of carboxylic acids is 1. The van der Waals surface area contributed by atoms with Gasteiger partial charge in [0.2, 0.25) is 5.91 Å². The van der Waals surface area contributed by atoms with Crippen LogP contribution in [0.15, 0.2) is 0 Å². The topological polar surface area (TPSA) is 80.4 Å². The fourth-order valence-corrected chi connectivity index (χ4v) is 0.835. The van der Waals surface area contributed by atoms with Gasteiger partial charge in [-0.25, -0.2) is 0 Å². The van der Waals surface area contributed by atoms with Crippen molar-refractivity contribution in [2.24, 2.45) is 16.6 Å². The lowest BCUT2D eigenvalue weighted by Gasteiger charge is -1.96. The summed E-state index contributed by atoms with van der Waals surface area (Å²) in [5.74, 6) is -0.792. The van der Waals surface area contributed by atoms with Gasteiger partial charge in [0.25, 0.3) is 0 Å². The summed E-state index contributed by atoms with van der Waals surface area (Å²) in [7, 11) is 0. The van der Waals surface area contributed by atoms with Gasteiger partial charge < -0.3 is 10.8 Å². The maximum Gasteiger partial charge on any atom is 0.309 e. The van der Waals surface area contributed by atoms with E-state index in [1.54, 1.807) is 6.92 Å². The molecular formula is C10H17NO3. The predicted molar refractivity (Wildman–Crippen MR) is 51.5 cm³/mol. The molecule has 0 saturated heterocycles. The Kier molecular flexibility index (Phi) is 2.56. The van der Waals surface area contributed by atoms with Crippen LogP contribution in [0.5, 0.6) is 0 Å². The molecular weight excluding hydrogens is 182 g/mol. The molecule has 14 heavy (non-hydrogen) atoms. The number of carboxylic acid groups (broad SMARTS) is 1. The van der Waals surface area contributed by atoms with Crippen molar-refractivity contribution in [3.63, 3.8) is 0 Å². The summed E-state index contributed by atoms with van der Waals surface area (Å²) in [5.41, 5.74) is 4.55. The second-order valence-electron chi connectivity index (χ2n) is 4.79. The van der Waals surface area contributed by atoms with Crippen LogP contribution in [0.2, 0.25) is 0 Å². The number of hydrogen-bond acceptors (Lipinski definition) is 2. The van der Waals surface area contributed by atoms with Crippen LogP contribution in [0.1, 0.15) is 39.5 Å². The lowest BCUT2D eigenvalue weighted by atomic mass is 10.1. The standard InChI is InChI=1S/C5H9NO.C5H8O2/c2*1-5(2-3-5)4(6)7/h2-3H2,1H3,(H2,6,7);2-3H2,1H3,(H,6,7). The van der Waals surface area contributed by atoms with Gasteiger partial charge in [0, 0.05) is 5.41 Å². The molecule has 4 heteroatoms. The number of aliphatic carboxylic acids is 1. The Hall–Kier alpha value is -1.06. The van der Waals surface area contributed by atoms with Gasteiger partial charge in [-0.05, 0) is 32.6 Å². The molecule has 1 amide bonds. The van der Waals surface area contributed by atoms with Gasteiger partial charge in [0.05, 0.1) is 5.41 Å². The van der Waals surface area contributed by atoms with E-state index < -0.39 is 5.97 Å². The van der Waals surface area contributed by atoms with Crippen molar-refractivity contribution in [1.29, 1.82) is 0 Å². The van der Waals surface area contributed by atoms with Gasteiger partial charge >= 0.3 is 5.97 Å². The van der Waals surface area contributed by atoms with Crippen LogP contribution in [0.4, 0.5) is 0 Å². The van der Waals surface area contributed by atoms with E-state index in [0.717, 1.165) is 25.7 Å². The molecule has 2 fully saturated rings. The fraction of sp³-hybridized carbons (Fsp3) is 0.800. The first-order valence-corrected chi connectivity index (χ1v) is 4.83. The summed E-state index contributed by atoms with van der Waals surface area (Å²) in [6.45, 7) is 3.67. The molecule has 0 atom stereocenters. The van der Waals surface area contributed by atoms with Gasteiger partial charge in [0.15, 0.2) is 0 Å². The molecule has 0 aromatic rings. The van der Waals surface area contributed by atoms with Crippen LogP contribution >= 0.6 is 0 Å². The monoisotopic (exact) mass is 199 g/mol. The first kappa shape index (κ1) is 11.0. The third-order valence-corrected chi connectivity index (χ3v) is 3.11. The van der Waals surface area contributed by atoms with Crippen LogP contribution in [-0.2, 0) is 9.59 Å². The molecule has 0 heterocycles. The highest BCUT2D eigenvalue weighted by atomic mass is 16.4. The number of carbonyl (C=O) groups excluding carboxylic acids is 1. The average molecular weight is 199 g/mol. The smallest absolute Gasteiger partial charge is 0.309 e. The summed E-state index contributed by atoms with van der Waals surface area (Å²) in [6, 6.07) is 0. The van der Waals surface area contributed by atoms with Crippen LogP contribution in [-0.4, -0.2) is 17.0 Å². The van der Waals surface area contributed by atoms with Crippen LogP contribution < -0.4 is 5.73 Å². The van der Waals surface area contributed by atoms with Crippen molar-refractivity contribution in [2.45, 2.75) is 39.5 Å². The van der Waals surface area contributed by atoms with E-state index in [9.17, 15) is 9.59 Å². The largest absolute Gasteiger partial charge is 0.481 e. The van der Waals surface area contributed by atoms with Gasteiger partial charge in [-0.1, -0.05) is 6.92 Å². The van der Waals surface area contributed by atoms with Gasteiger partial charge in [0.1, 0.15) is 0 Å². The fourth-order valence-electron chi connectivity index (χ4n) is 0.835. The molecule has 0 radical (unpaired) electrons. The Balaban J connectivity index is 0.000000140. The molecule has 0 aliphatic heterocycles. The second-order valence-corrected chi connectivity index (χ2v) is 4.79. The number of hydrogen-bond donors (Lipinski definition) is 2. The first-order valence-electron chi connectivity index (χ1n) is 4.83. The number of rotatable bonds is 2. The lowest BCUT2D eigenvalue weighted by Crippen LogP contribution is -2.21. The minimum absolute atomic E-state index is 0.111. The van der Waals surface area contributed by atoms with E-state index >= 15 is 0 Å². The number of amides is 1. The van der Waals surface area contributed by atoms with Crippen LogP contribution in [0, 0.1) is 10.8 Å². The Morgan fingerprint density at radius 3 is 1.43 bits per heavy atom. The van der Waals surface area contributed by atoms with Crippen molar-refractivity contribution >= 4 is 11.9 Å². The quantitative estimate of drug-likeness (QED) is 0.699. The number of carbonyl (C=O) groups is 2. The third-order valence-electron chi connectivity index (χ3n) is 3.11. The SMILES string of the molecule is CC1(C(=O)O)CC1.CC1(C(N)=O)CC1. The molecule has 0 aromatic heterocycles. The summed E-state index contributed by atoms with van der Waals surface area (Å²) < 4.78 is 0. The Morgan fingerprint density at radius 1 is 1.07 bits per heavy atom. The molecule has 2 rings (SSSR count). The van der Waals surface area contributed by atoms with E-state index in [-0.39, 0.29) is 16.7 Å². The molecule has 0 spiro atoms. The first-order chi connectivity index (χ1) is 6.30. The van der Waals surface area contributed by atoms with Crippen molar-refractivity contribution in [3.05, 3.63) is 0 Å².